The molecule has 0 atom stereocenters. The fraction of sp³-hybridized carbons (Fsp3) is 0.0714. The van der Waals surface area contributed by atoms with Crippen molar-refractivity contribution < 1.29 is 9.18 Å². The molecule has 0 fully saturated rings. The van der Waals surface area contributed by atoms with Gasteiger partial charge in [-0.2, -0.15) is 0 Å². The van der Waals surface area contributed by atoms with E-state index in [1.165, 1.54) is 6.07 Å². The molecule has 0 aliphatic heterocycles. The first-order valence-electron chi connectivity index (χ1n) is 5.88. The highest BCUT2D eigenvalue weighted by Crippen LogP contribution is 2.27. The third kappa shape index (κ3) is 4.62. The molecule has 0 heterocycles. The molecule has 0 saturated carbocycles. The Balaban J connectivity index is 1.96. The lowest BCUT2D eigenvalue weighted by Gasteiger charge is -2.08. The summed E-state index contributed by atoms with van der Waals surface area (Å²) >= 11 is 10.4. The van der Waals surface area contributed by atoms with Gasteiger partial charge in [-0.15, -0.1) is 11.8 Å². The maximum atomic E-state index is 13.6. The molecular formula is C14H11BrClFN2OS. The molecule has 2 aromatic carbocycles. The van der Waals surface area contributed by atoms with E-state index in [9.17, 15) is 9.18 Å². The third-order valence-electron chi connectivity index (χ3n) is 2.52. The van der Waals surface area contributed by atoms with Gasteiger partial charge in [0.2, 0.25) is 5.91 Å². The molecule has 0 saturated heterocycles. The summed E-state index contributed by atoms with van der Waals surface area (Å²) in [6.45, 7) is 0. The van der Waals surface area contributed by atoms with E-state index in [2.05, 4.69) is 21.2 Å². The van der Waals surface area contributed by atoms with Crippen LogP contribution in [0.3, 0.4) is 0 Å². The van der Waals surface area contributed by atoms with Crippen LogP contribution in [0.2, 0.25) is 5.02 Å². The zero-order valence-electron chi connectivity index (χ0n) is 10.7. The van der Waals surface area contributed by atoms with Crippen molar-refractivity contribution in [2.75, 3.05) is 16.8 Å². The second-order valence-corrected chi connectivity index (χ2v) is 6.49. The first kappa shape index (κ1) is 16.1. The van der Waals surface area contributed by atoms with Crippen molar-refractivity contribution in [2.24, 2.45) is 0 Å². The maximum absolute atomic E-state index is 13.6. The molecule has 0 aliphatic rings. The molecule has 110 valence electrons. The summed E-state index contributed by atoms with van der Waals surface area (Å²) in [7, 11) is 0. The lowest BCUT2D eigenvalue weighted by atomic mass is 10.3. The average Bonchev–Trinajstić information content (AvgIpc) is 2.41. The molecule has 0 aromatic heterocycles. The van der Waals surface area contributed by atoms with Gasteiger partial charge in [-0.05, 0) is 36.4 Å². The molecule has 3 N–H and O–H groups in total. The average molecular weight is 390 g/mol. The Kier molecular flexibility index (Phi) is 5.50. The van der Waals surface area contributed by atoms with Crippen LogP contribution in [-0.2, 0) is 4.79 Å². The molecule has 0 unspecified atom stereocenters. The van der Waals surface area contributed by atoms with E-state index in [0.717, 1.165) is 16.2 Å². The highest BCUT2D eigenvalue weighted by atomic mass is 79.9. The van der Waals surface area contributed by atoms with Crippen molar-refractivity contribution in [3.63, 3.8) is 0 Å². The van der Waals surface area contributed by atoms with E-state index in [0.29, 0.717) is 21.3 Å². The Bertz CT molecular complexity index is 684. The third-order valence-corrected chi connectivity index (χ3v) is 4.37. The van der Waals surface area contributed by atoms with Gasteiger partial charge in [0.25, 0.3) is 0 Å². The van der Waals surface area contributed by atoms with Crippen LogP contribution in [0.1, 0.15) is 0 Å². The number of rotatable bonds is 4. The SMILES string of the molecule is Nc1ccc(SCC(=O)Nc2ccc(Br)cc2Cl)c(F)c1. The summed E-state index contributed by atoms with van der Waals surface area (Å²) < 4.78 is 14.4. The number of benzene rings is 2. The number of carbonyl (C=O) groups is 1. The Labute approximate surface area is 139 Å². The van der Waals surface area contributed by atoms with Gasteiger partial charge in [-0.25, -0.2) is 4.39 Å². The maximum Gasteiger partial charge on any atom is 0.234 e. The van der Waals surface area contributed by atoms with Crippen molar-refractivity contribution in [2.45, 2.75) is 4.90 Å². The number of hydrogen-bond donors (Lipinski definition) is 2. The van der Waals surface area contributed by atoms with Crippen molar-refractivity contribution in [3.05, 3.63) is 51.7 Å². The standard InChI is InChI=1S/C14H11BrClFN2OS/c15-8-1-3-12(10(16)5-8)19-14(20)7-21-13-4-2-9(18)6-11(13)17/h1-6H,7,18H2,(H,19,20). The predicted molar refractivity (Wildman–Crippen MR) is 89.3 cm³/mol. The van der Waals surface area contributed by atoms with Gasteiger partial charge in [0.05, 0.1) is 16.5 Å². The minimum absolute atomic E-state index is 0.0766. The first-order chi connectivity index (χ1) is 9.95. The monoisotopic (exact) mass is 388 g/mol. The van der Waals surface area contributed by atoms with Gasteiger partial charge in [-0.3, -0.25) is 4.79 Å². The lowest BCUT2D eigenvalue weighted by molar-refractivity contribution is -0.113. The van der Waals surface area contributed by atoms with Gasteiger partial charge < -0.3 is 11.1 Å². The van der Waals surface area contributed by atoms with Crippen LogP contribution in [0, 0.1) is 5.82 Å². The number of thioether (sulfide) groups is 1. The number of nitrogens with one attached hydrogen (secondary N) is 1. The topological polar surface area (TPSA) is 55.1 Å². The van der Waals surface area contributed by atoms with Crippen LogP contribution in [-0.4, -0.2) is 11.7 Å². The van der Waals surface area contributed by atoms with Gasteiger partial charge in [0.1, 0.15) is 5.82 Å². The molecule has 0 radical (unpaired) electrons. The molecule has 1 amide bonds. The number of anilines is 2. The summed E-state index contributed by atoms with van der Waals surface area (Å²) in [4.78, 5) is 12.2. The molecular weight excluding hydrogens is 379 g/mol. The van der Waals surface area contributed by atoms with E-state index in [-0.39, 0.29) is 11.7 Å². The quantitative estimate of drug-likeness (QED) is 0.595. The van der Waals surface area contributed by atoms with Crippen molar-refractivity contribution >= 4 is 56.6 Å². The zero-order valence-corrected chi connectivity index (χ0v) is 13.9. The highest BCUT2D eigenvalue weighted by Gasteiger charge is 2.09. The molecule has 0 aliphatic carbocycles. The van der Waals surface area contributed by atoms with E-state index < -0.39 is 5.82 Å². The zero-order chi connectivity index (χ0) is 15.4. The van der Waals surface area contributed by atoms with Gasteiger partial charge in [0.15, 0.2) is 0 Å². The lowest BCUT2D eigenvalue weighted by Crippen LogP contribution is -2.14. The first-order valence-corrected chi connectivity index (χ1v) is 8.04. The number of nitrogens with two attached hydrogens (primary N) is 1. The fourth-order valence-electron chi connectivity index (χ4n) is 1.55. The second-order valence-electron chi connectivity index (χ2n) is 4.15. The molecule has 21 heavy (non-hydrogen) atoms. The minimum atomic E-state index is -0.436. The highest BCUT2D eigenvalue weighted by molar-refractivity contribution is 9.10. The smallest absolute Gasteiger partial charge is 0.234 e. The van der Waals surface area contributed by atoms with Crippen molar-refractivity contribution in [1.29, 1.82) is 0 Å². The van der Waals surface area contributed by atoms with Crippen molar-refractivity contribution in [1.82, 2.24) is 0 Å². The Morgan fingerprint density at radius 3 is 2.76 bits per heavy atom. The summed E-state index contributed by atoms with van der Waals surface area (Å²) in [6, 6.07) is 9.52. The number of halogens is 3. The number of amides is 1. The van der Waals surface area contributed by atoms with Gasteiger partial charge in [-0.1, -0.05) is 27.5 Å². The molecule has 3 nitrogen and oxygen atoms in total. The summed E-state index contributed by atoms with van der Waals surface area (Å²) in [5, 5.41) is 3.11. The minimum Gasteiger partial charge on any atom is -0.399 e. The molecule has 2 aromatic rings. The number of carbonyl (C=O) groups excluding carboxylic acids is 1. The Morgan fingerprint density at radius 1 is 1.33 bits per heavy atom. The van der Waals surface area contributed by atoms with Gasteiger partial charge in [0, 0.05) is 15.1 Å². The Morgan fingerprint density at radius 2 is 2.10 bits per heavy atom. The van der Waals surface area contributed by atoms with Crippen LogP contribution in [0.15, 0.2) is 45.8 Å². The van der Waals surface area contributed by atoms with Crippen LogP contribution < -0.4 is 11.1 Å². The van der Waals surface area contributed by atoms with Crippen LogP contribution in [0.4, 0.5) is 15.8 Å². The van der Waals surface area contributed by atoms with Crippen LogP contribution in [0.25, 0.3) is 0 Å². The van der Waals surface area contributed by atoms with Crippen molar-refractivity contribution in [3.8, 4) is 0 Å². The van der Waals surface area contributed by atoms with Gasteiger partial charge >= 0.3 is 0 Å². The predicted octanol–water partition coefficient (Wildman–Crippen LogP) is 4.55. The molecule has 2 rings (SSSR count). The van der Waals surface area contributed by atoms with E-state index in [1.807, 2.05) is 0 Å². The molecule has 0 bridgehead atoms. The van der Waals surface area contributed by atoms with E-state index >= 15 is 0 Å². The summed E-state index contributed by atoms with van der Waals surface area (Å²) in [6.07, 6.45) is 0. The van der Waals surface area contributed by atoms with Crippen LogP contribution in [0.5, 0.6) is 0 Å². The molecule has 0 spiro atoms. The largest absolute Gasteiger partial charge is 0.399 e. The molecule has 7 heteroatoms. The number of nitrogen functional groups attached to an aromatic ring is 1. The summed E-state index contributed by atoms with van der Waals surface area (Å²) in [5.41, 5.74) is 6.33. The fourth-order valence-corrected chi connectivity index (χ4v) is 3.00. The van der Waals surface area contributed by atoms with E-state index in [1.54, 1.807) is 30.3 Å². The van der Waals surface area contributed by atoms with E-state index in [4.69, 9.17) is 17.3 Å². The Hall–Kier alpha value is -1.24. The summed E-state index contributed by atoms with van der Waals surface area (Å²) in [5.74, 6) is -0.623. The second kappa shape index (κ2) is 7.15. The normalized spacial score (nSPS) is 10.4. The number of hydrogen-bond acceptors (Lipinski definition) is 3. The van der Waals surface area contributed by atoms with Crippen LogP contribution >= 0.6 is 39.3 Å².